The van der Waals surface area contributed by atoms with Crippen LogP contribution in [-0.4, -0.2) is 85.4 Å². The molecule has 0 radical (unpaired) electrons. The molecule has 1 amide bonds. The van der Waals surface area contributed by atoms with Gasteiger partial charge in [0.15, 0.2) is 30.6 Å². The Bertz CT molecular complexity index is 2590. The second-order valence-corrected chi connectivity index (χ2v) is 15.3. The summed E-state index contributed by atoms with van der Waals surface area (Å²) in [5.74, 6) is -4.45. The highest BCUT2D eigenvalue weighted by atomic mass is 16.7. The highest BCUT2D eigenvalue weighted by Crippen LogP contribution is 2.33. The summed E-state index contributed by atoms with van der Waals surface area (Å²) < 4.78 is 48.2. The fourth-order valence-electron chi connectivity index (χ4n) is 7.01. The first-order valence-electron chi connectivity index (χ1n) is 21.6. The largest absolute Gasteiger partial charge is 0.459 e. The molecular formula is C53H47NO14. The van der Waals surface area contributed by atoms with E-state index in [2.05, 4.69) is 5.32 Å². The maximum absolute atomic E-state index is 14.1. The van der Waals surface area contributed by atoms with Crippen LogP contribution in [0, 0.1) is 0 Å². The minimum absolute atomic E-state index is 0.0781. The molecule has 1 aliphatic heterocycles. The van der Waals surface area contributed by atoms with Crippen molar-refractivity contribution in [2.24, 2.45) is 0 Å². The van der Waals surface area contributed by atoms with Gasteiger partial charge in [-0.15, -0.1) is 0 Å². The number of esters is 5. The molecule has 0 bridgehead atoms. The number of carbonyl (C=O) groups excluding carboxylic acids is 6. The third-order valence-corrected chi connectivity index (χ3v) is 10.5. The zero-order valence-corrected chi connectivity index (χ0v) is 36.7. The van der Waals surface area contributed by atoms with Gasteiger partial charge in [-0.3, -0.25) is 0 Å². The molecule has 6 aromatic rings. The Morgan fingerprint density at radius 3 is 1.31 bits per heavy atom. The normalized spacial score (nSPS) is 18.3. The lowest BCUT2D eigenvalue weighted by atomic mass is 9.97. The Balaban J connectivity index is 1.26. The van der Waals surface area contributed by atoms with Crippen LogP contribution >= 0.6 is 0 Å². The van der Waals surface area contributed by atoms with E-state index < -0.39 is 85.4 Å². The highest BCUT2D eigenvalue weighted by molar-refractivity contribution is 5.91. The second-order valence-electron chi connectivity index (χ2n) is 15.3. The average Bonchev–Trinajstić information content (AvgIpc) is 3.39. The van der Waals surface area contributed by atoms with Gasteiger partial charge >= 0.3 is 35.9 Å². The number of ether oxygens (including phenoxy) is 8. The minimum Gasteiger partial charge on any atom is -0.459 e. The van der Waals surface area contributed by atoms with E-state index in [1.165, 1.54) is 55.5 Å². The van der Waals surface area contributed by atoms with E-state index in [4.69, 9.17) is 37.9 Å². The third kappa shape index (κ3) is 13.2. The van der Waals surface area contributed by atoms with Gasteiger partial charge < -0.3 is 43.2 Å². The number of alkyl carbamates (subject to hydrolysis) is 1. The molecule has 6 aromatic carbocycles. The van der Waals surface area contributed by atoms with Crippen LogP contribution in [0.25, 0.3) is 0 Å². The molecule has 1 N–H and O–H groups in total. The summed E-state index contributed by atoms with van der Waals surface area (Å²) in [6.45, 7) is 0.474. The maximum Gasteiger partial charge on any atom is 0.408 e. The van der Waals surface area contributed by atoms with E-state index in [-0.39, 0.29) is 35.5 Å². The van der Waals surface area contributed by atoms with Crippen molar-refractivity contribution < 1.29 is 66.7 Å². The highest BCUT2D eigenvalue weighted by Gasteiger charge is 2.54. The molecule has 1 fully saturated rings. The van der Waals surface area contributed by atoms with Crippen LogP contribution in [-0.2, 0) is 55.9 Å². The topological polar surface area (TPSA) is 188 Å². The van der Waals surface area contributed by atoms with Crippen molar-refractivity contribution in [1.82, 2.24) is 5.32 Å². The van der Waals surface area contributed by atoms with Crippen molar-refractivity contribution in [3.63, 3.8) is 0 Å². The molecular weight excluding hydrogens is 875 g/mol. The summed E-state index contributed by atoms with van der Waals surface area (Å²) in [4.78, 5) is 82.9. The van der Waals surface area contributed by atoms with Crippen molar-refractivity contribution in [3.05, 3.63) is 215 Å². The van der Waals surface area contributed by atoms with Gasteiger partial charge in [0.1, 0.15) is 25.9 Å². The summed E-state index contributed by atoms with van der Waals surface area (Å²) in [7, 11) is 0. The molecule has 0 spiro atoms. The molecule has 0 unspecified atom stereocenters. The van der Waals surface area contributed by atoms with Crippen LogP contribution in [0.5, 0.6) is 0 Å². The SMILES string of the molecule is C[C@@H](O[C@H]1O[C@H](COC(=O)c2ccccc2)[C@@H](OC(=O)c2ccccc2)[C@H](OC(=O)c2ccccc2)[C@@H]1OC(=O)c1ccccc1)[C@H](NC(=O)OCc1ccccc1)C(=O)OCc1ccccc1. The Hall–Kier alpha value is -8.14. The lowest BCUT2D eigenvalue weighted by Crippen LogP contribution is -2.64. The van der Waals surface area contributed by atoms with Crippen molar-refractivity contribution in [1.29, 1.82) is 0 Å². The van der Waals surface area contributed by atoms with Gasteiger partial charge in [0, 0.05) is 0 Å². The number of rotatable bonds is 18. The number of nitrogens with one attached hydrogen (secondary N) is 1. The fourth-order valence-corrected chi connectivity index (χ4v) is 7.01. The van der Waals surface area contributed by atoms with Gasteiger partial charge in [-0.1, -0.05) is 133 Å². The Morgan fingerprint density at radius 2 is 0.853 bits per heavy atom. The summed E-state index contributed by atoms with van der Waals surface area (Å²) in [6.07, 6.45) is -10.9. The van der Waals surface area contributed by atoms with Crippen molar-refractivity contribution in [2.45, 2.75) is 63.0 Å². The molecule has 0 aromatic heterocycles. The zero-order chi connectivity index (χ0) is 47.7. The summed E-state index contributed by atoms with van der Waals surface area (Å²) in [5, 5.41) is 2.53. The molecule has 0 aliphatic carbocycles. The van der Waals surface area contributed by atoms with E-state index >= 15 is 0 Å². The van der Waals surface area contributed by atoms with Crippen LogP contribution in [0.4, 0.5) is 4.79 Å². The zero-order valence-electron chi connectivity index (χ0n) is 36.7. The monoisotopic (exact) mass is 921 g/mol. The van der Waals surface area contributed by atoms with E-state index in [1.54, 1.807) is 133 Å². The number of hydrogen-bond donors (Lipinski definition) is 1. The maximum atomic E-state index is 14.1. The predicted octanol–water partition coefficient (Wildman–Crippen LogP) is 7.69. The van der Waals surface area contributed by atoms with Gasteiger partial charge in [-0.05, 0) is 66.6 Å². The van der Waals surface area contributed by atoms with E-state index in [9.17, 15) is 28.8 Å². The fraction of sp³-hybridized carbons (Fsp3) is 0.208. The molecule has 7 rings (SSSR count). The van der Waals surface area contributed by atoms with Gasteiger partial charge in [-0.2, -0.15) is 0 Å². The Labute approximate surface area is 391 Å². The molecule has 348 valence electrons. The Morgan fingerprint density at radius 1 is 0.471 bits per heavy atom. The number of benzene rings is 6. The van der Waals surface area contributed by atoms with Crippen LogP contribution in [0.1, 0.15) is 59.5 Å². The predicted molar refractivity (Wildman–Crippen MR) is 243 cm³/mol. The first-order valence-corrected chi connectivity index (χ1v) is 21.6. The molecule has 1 aliphatic rings. The van der Waals surface area contributed by atoms with E-state index in [0.717, 1.165) is 0 Å². The van der Waals surface area contributed by atoms with Gasteiger partial charge in [0.05, 0.1) is 28.4 Å². The van der Waals surface area contributed by atoms with Crippen LogP contribution in [0.3, 0.4) is 0 Å². The lowest BCUT2D eigenvalue weighted by molar-refractivity contribution is -0.308. The van der Waals surface area contributed by atoms with E-state index in [0.29, 0.717) is 11.1 Å². The van der Waals surface area contributed by atoms with Crippen molar-refractivity contribution >= 4 is 35.9 Å². The minimum atomic E-state index is -1.80. The van der Waals surface area contributed by atoms with Crippen molar-refractivity contribution in [3.8, 4) is 0 Å². The molecule has 1 heterocycles. The first-order chi connectivity index (χ1) is 33.1. The average molecular weight is 922 g/mol. The second kappa shape index (κ2) is 23.9. The van der Waals surface area contributed by atoms with Crippen LogP contribution in [0.15, 0.2) is 182 Å². The number of hydrogen-bond acceptors (Lipinski definition) is 14. The summed E-state index contributed by atoms with van der Waals surface area (Å²) in [6, 6.07) is 47.8. The molecule has 1 saturated heterocycles. The quantitative estimate of drug-likeness (QED) is 0.0653. The number of amides is 1. The van der Waals surface area contributed by atoms with E-state index in [1.807, 2.05) is 0 Å². The smallest absolute Gasteiger partial charge is 0.408 e. The standard InChI is InChI=1S/C53H47NO14/c1-35(43(51(59)61-32-36-20-8-2-9-21-36)54-53(60)63-33-37-22-10-3-11-23-37)64-52-46(68-50(58)41-30-18-7-19-31-41)45(67-49(57)40-28-16-6-17-29-40)44(66-48(56)39-26-14-5-15-27-39)42(65-52)34-62-47(55)38-24-12-4-13-25-38/h2-31,35,42-46,52H,32-34H2,1H3,(H,54,60)/t35-,42-,43+,44-,45+,46+,52+/m1/s1. The third-order valence-electron chi connectivity index (χ3n) is 10.5. The molecule has 7 atom stereocenters. The summed E-state index contributed by atoms with van der Waals surface area (Å²) >= 11 is 0. The molecule has 68 heavy (non-hydrogen) atoms. The first kappa shape index (κ1) is 47.8. The summed E-state index contributed by atoms with van der Waals surface area (Å²) in [5.41, 5.74) is 1.77. The van der Waals surface area contributed by atoms with Gasteiger partial charge in [-0.25, -0.2) is 28.8 Å². The Kier molecular flexibility index (Phi) is 16.8. The van der Waals surface area contributed by atoms with Crippen molar-refractivity contribution in [2.75, 3.05) is 6.61 Å². The van der Waals surface area contributed by atoms with Crippen LogP contribution in [0.2, 0.25) is 0 Å². The number of carbonyl (C=O) groups is 6. The molecule has 15 nitrogen and oxygen atoms in total. The molecule has 15 heteroatoms. The molecule has 0 saturated carbocycles. The van der Waals surface area contributed by atoms with Crippen LogP contribution < -0.4 is 5.32 Å². The lowest BCUT2D eigenvalue weighted by Gasteiger charge is -2.45. The van der Waals surface area contributed by atoms with Gasteiger partial charge in [0.25, 0.3) is 0 Å². The van der Waals surface area contributed by atoms with Gasteiger partial charge in [0.2, 0.25) is 0 Å².